The first kappa shape index (κ1) is 15.8. The van der Waals surface area contributed by atoms with Crippen LogP contribution in [0.3, 0.4) is 0 Å². The van der Waals surface area contributed by atoms with E-state index in [1.807, 2.05) is 0 Å². The molecule has 2 unspecified atom stereocenters. The SMILES string of the molecule is COc1ccc(Br)cc1S(=O)(=O)NC1CCCC(O)C1. The van der Waals surface area contributed by atoms with E-state index < -0.39 is 16.1 Å². The lowest BCUT2D eigenvalue weighted by molar-refractivity contribution is 0.117. The molecule has 0 aromatic heterocycles. The van der Waals surface area contributed by atoms with Gasteiger partial charge in [-0.25, -0.2) is 13.1 Å². The quantitative estimate of drug-likeness (QED) is 0.858. The molecule has 0 saturated heterocycles. The molecule has 20 heavy (non-hydrogen) atoms. The Balaban J connectivity index is 2.24. The Morgan fingerprint density at radius 3 is 2.80 bits per heavy atom. The minimum atomic E-state index is -3.66. The van der Waals surface area contributed by atoms with Crippen LogP contribution in [0.15, 0.2) is 27.6 Å². The van der Waals surface area contributed by atoms with Crippen molar-refractivity contribution in [2.24, 2.45) is 0 Å². The number of halogens is 1. The molecule has 2 N–H and O–H groups in total. The van der Waals surface area contributed by atoms with E-state index in [4.69, 9.17) is 4.74 Å². The second kappa shape index (κ2) is 6.43. The average molecular weight is 364 g/mol. The van der Waals surface area contributed by atoms with Gasteiger partial charge in [0.2, 0.25) is 10.0 Å². The molecule has 1 fully saturated rings. The summed E-state index contributed by atoms with van der Waals surface area (Å²) in [5.41, 5.74) is 0. The first-order valence-corrected chi connectivity index (χ1v) is 8.74. The molecule has 1 aliphatic carbocycles. The summed E-state index contributed by atoms with van der Waals surface area (Å²) in [6.07, 6.45) is 2.32. The van der Waals surface area contributed by atoms with Crippen LogP contribution in [0.4, 0.5) is 0 Å². The fourth-order valence-corrected chi connectivity index (χ4v) is 4.41. The second-order valence-electron chi connectivity index (χ2n) is 4.93. The molecule has 1 aromatic rings. The van der Waals surface area contributed by atoms with Crippen LogP contribution in [-0.4, -0.2) is 32.8 Å². The van der Waals surface area contributed by atoms with Gasteiger partial charge in [0.15, 0.2) is 0 Å². The van der Waals surface area contributed by atoms with Gasteiger partial charge in [0.1, 0.15) is 10.6 Å². The zero-order valence-corrected chi connectivity index (χ0v) is 13.6. The highest BCUT2D eigenvalue weighted by atomic mass is 79.9. The predicted octanol–water partition coefficient (Wildman–Crippen LogP) is 2.04. The normalized spacial score (nSPS) is 23.6. The zero-order valence-electron chi connectivity index (χ0n) is 11.2. The molecule has 0 bridgehead atoms. The summed E-state index contributed by atoms with van der Waals surface area (Å²) >= 11 is 3.26. The average Bonchev–Trinajstić information content (AvgIpc) is 2.38. The van der Waals surface area contributed by atoms with Crippen molar-refractivity contribution in [3.8, 4) is 5.75 Å². The van der Waals surface area contributed by atoms with Crippen LogP contribution in [0.1, 0.15) is 25.7 Å². The smallest absolute Gasteiger partial charge is 0.244 e. The number of aliphatic hydroxyl groups is 1. The molecule has 0 aliphatic heterocycles. The molecular formula is C13H18BrNO4S. The first-order valence-electron chi connectivity index (χ1n) is 6.46. The summed E-state index contributed by atoms with van der Waals surface area (Å²) in [5, 5.41) is 9.62. The number of methoxy groups -OCH3 is 1. The number of ether oxygens (including phenoxy) is 1. The van der Waals surface area contributed by atoms with Crippen molar-refractivity contribution in [2.75, 3.05) is 7.11 Å². The van der Waals surface area contributed by atoms with Gasteiger partial charge >= 0.3 is 0 Å². The van der Waals surface area contributed by atoms with Crippen molar-refractivity contribution >= 4 is 26.0 Å². The van der Waals surface area contributed by atoms with Gasteiger partial charge in [-0.2, -0.15) is 0 Å². The number of sulfonamides is 1. The third-order valence-corrected chi connectivity index (χ3v) is 5.42. The Bertz CT molecular complexity index is 576. The van der Waals surface area contributed by atoms with Gasteiger partial charge in [-0.3, -0.25) is 0 Å². The van der Waals surface area contributed by atoms with Gasteiger partial charge in [-0.1, -0.05) is 15.9 Å². The van der Waals surface area contributed by atoms with Gasteiger partial charge in [-0.15, -0.1) is 0 Å². The minimum absolute atomic E-state index is 0.106. The molecular weight excluding hydrogens is 346 g/mol. The van der Waals surface area contributed by atoms with Crippen molar-refractivity contribution in [2.45, 2.75) is 42.7 Å². The summed E-state index contributed by atoms with van der Waals surface area (Å²) < 4.78 is 33.3. The maximum absolute atomic E-state index is 12.4. The molecule has 0 radical (unpaired) electrons. The number of hydrogen-bond acceptors (Lipinski definition) is 4. The van der Waals surface area contributed by atoms with Crippen molar-refractivity contribution in [1.29, 1.82) is 0 Å². The molecule has 1 aromatic carbocycles. The third-order valence-electron chi connectivity index (χ3n) is 3.38. The molecule has 0 heterocycles. The summed E-state index contributed by atoms with van der Waals surface area (Å²) in [7, 11) is -2.23. The summed E-state index contributed by atoms with van der Waals surface area (Å²) in [6, 6.07) is 4.62. The lowest BCUT2D eigenvalue weighted by Gasteiger charge is -2.26. The van der Waals surface area contributed by atoms with Gasteiger partial charge in [0, 0.05) is 10.5 Å². The second-order valence-corrected chi connectivity index (χ2v) is 7.53. The van der Waals surface area contributed by atoms with Gasteiger partial charge < -0.3 is 9.84 Å². The van der Waals surface area contributed by atoms with E-state index in [1.165, 1.54) is 13.2 Å². The predicted molar refractivity (Wildman–Crippen MR) is 79.3 cm³/mol. The fraction of sp³-hybridized carbons (Fsp3) is 0.538. The van der Waals surface area contributed by atoms with Crippen LogP contribution in [0.5, 0.6) is 5.75 Å². The molecule has 2 rings (SSSR count). The molecule has 7 heteroatoms. The van der Waals surface area contributed by atoms with Gasteiger partial charge in [0.05, 0.1) is 13.2 Å². The highest BCUT2D eigenvalue weighted by molar-refractivity contribution is 9.10. The Hall–Kier alpha value is -0.630. The van der Waals surface area contributed by atoms with E-state index in [1.54, 1.807) is 12.1 Å². The summed E-state index contributed by atoms with van der Waals surface area (Å²) in [6.45, 7) is 0. The highest BCUT2D eigenvalue weighted by Gasteiger charge is 2.27. The standard InChI is InChI=1S/C13H18BrNO4S/c1-19-12-6-5-9(14)7-13(12)20(17,18)15-10-3-2-4-11(16)8-10/h5-7,10-11,15-16H,2-4,8H2,1H3. The van der Waals surface area contributed by atoms with Crippen LogP contribution in [-0.2, 0) is 10.0 Å². The third kappa shape index (κ3) is 3.72. The van der Waals surface area contributed by atoms with E-state index >= 15 is 0 Å². The summed E-state index contributed by atoms with van der Waals surface area (Å²) in [4.78, 5) is 0.106. The molecule has 0 spiro atoms. The Morgan fingerprint density at radius 1 is 1.40 bits per heavy atom. The van der Waals surface area contributed by atoms with Crippen LogP contribution in [0.2, 0.25) is 0 Å². The number of hydrogen-bond donors (Lipinski definition) is 2. The monoisotopic (exact) mass is 363 g/mol. The minimum Gasteiger partial charge on any atom is -0.495 e. The number of nitrogens with one attached hydrogen (secondary N) is 1. The van der Waals surface area contributed by atoms with Crippen molar-refractivity contribution in [1.82, 2.24) is 4.72 Å². The molecule has 1 saturated carbocycles. The topological polar surface area (TPSA) is 75.6 Å². The number of rotatable bonds is 4. The Morgan fingerprint density at radius 2 is 2.15 bits per heavy atom. The van der Waals surface area contributed by atoms with Crippen molar-refractivity contribution in [3.63, 3.8) is 0 Å². The van der Waals surface area contributed by atoms with Crippen LogP contribution < -0.4 is 9.46 Å². The highest BCUT2D eigenvalue weighted by Crippen LogP contribution is 2.28. The Labute approximate surface area is 127 Å². The maximum atomic E-state index is 12.4. The van der Waals surface area contributed by atoms with Gasteiger partial charge in [-0.05, 0) is 43.9 Å². The van der Waals surface area contributed by atoms with E-state index in [0.717, 1.165) is 19.3 Å². The lowest BCUT2D eigenvalue weighted by atomic mass is 9.94. The first-order chi connectivity index (χ1) is 9.42. The van der Waals surface area contributed by atoms with Crippen molar-refractivity contribution < 1.29 is 18.3 Å². The van der Waals surface area contributed by atoms with Crippen molar-refractivity contribution in [3.05, 3.63) is 22.7 Å². The van der Waals surface area contributed by atoms with E-state index in [9.17, 15) is 13.5 Å². The van der Waals surface area contributed by atoms with E-state index in [2.05, 4.69) is 20.7 Å². The van der Waals surface area contributed by atoms with E-state index in [0.29, 0.717) is 16.6 Å². The number of benzene rings is 1. The number of aliphatic hydroxyl groups excluding tert-OH is 1. The Kier molecular flexibility index (Phi) is 5.06. The maximum Gasteiger partial charge on any atom is 0.244 e. The van der Waals surface area contributed by atoms with Gasteiger partial charge in [0.25, 0.3) is 0 Å². The summed E-state index contributed by atoms with van der Waals surface area (Å²) in [5.74, 6) is 0.303. The van der Waals surface area contributed by atoms with Crippen LogP contribution >= 0.6 is 15.9 Å². The zero-order chi connectivity index (χ0) is 14.8. The van der Waals surface area contributed by atoms with E-state index in [-0.39, 0.29) is 10.9 Å². The molecule has 5 nitrogen and oxygen atoms in total. The molecule has 2 atom stereocenters. The molecule has 0 amide bonds. The van der Waals surface area contributed by atoms with Crippen LogP contribution in [0, 0.1) is 0 Å². The molecule has 112 valence electrons. The fourth-order valence-electron chi connectivity index (χ4n) is 2.41. The molecule has 1 aliphatic rings. The largest absolute Gasteiger partial charge is 0.495 e. The van der Waals surface area contributed by atoms with Crippen LogP contribution in [0.25, 0.3) is 0 Å². The lowest BCUT2D eigenvalue weighted by Crippen LogP contribution is -2.39.